The summed E-state index contributed by atoms with van der Waals surface area (Å²) in [4.78, 5) is 54.2. The summed E-state index contributed by atoms with van der Waals surface area (Å²) in [7, 11) is 0. The molecular weight excluding hydrogens is 422 g/mol. The van der Waals surface area contributed by atoms with Gasteiger partial charge in [0.05, 0.1) is 12.4 Å². The number of hydrogen-bond acceptors (Lipinski definition) is 7. The fraction of sp³-hybridized carbons (Fsp3) is 0.350. The van der Waals surface area contributed by atoms with E-state index in [1.54, 1.807) is 12.1 Å². The molecule has 0 fully saturated rings. The second-order valence-electron chi connectivity index (χ2n) is 7.15. The molecule has 8 N–H and O–H groups in total. The number of aromatic nitrogens is 2. The van der Waals surface area contributed by atoms with Crippen LogP contribution in [0.1, 0.15) is 24.1 Å². The van der Waals surface area contributed by atoms with E-state index in [0.29, 0.717) is 11.3 Å². The van der Waals surface area contributed by atoms with E-state index in [1.807, 2.05) is 0 Å². The molecule has 2 amide bonds. The lowest BCUT2D eigenvalue weighted by Crippen LogP contribution is -2.55. The molecule has 0 spiro atoms. The zero-order valence-electron chi connectivity index (χ0n) is 17.0. The predicted molar refractivity (Wildman–Crippen MR) is 110 cm³/mol. The molecule has 0 aliphatic carbocycles. The Kier molecular flexibility index (Phi) is 8.72. The molecule has 32 heavy (non-hydrogen) atoms. The molecule has 12 heteroatoms. The van der Waals surface area contributed by atoms with Gasteiger partial charge >= 0.3 is 11.9 Å². The van der Waals surface area contributed by atoms with Crippen LogP contribution in [0, 0.1) is 0 Å². The van der Waals surface area contributed by atoms with Crippen molar-refractivity contribution in [2.24, 2.45) is 5.73 Å². The highest BCUT2D eigenvalue weighted by Gasteiger charge is 2.28. The highest BCUT2D eigenvalue weighted by Crippen LogP contribution is 2.12. The number of nitrogens with two attached hydrogens (primary N) is 1. The number of imidazole rings is 1. The quantitative estimate of drug-likeness (QED) is 0.216. The number of benzene rings is 1. The lowest BCUT2D eigenvalue weighted by atomic mass is 10.0. The van der Waals surface area contributed by atoms with E-state index < -0.39 is 48.3 Å². The van der Waals surface area contributed by atoms with Gasteiger partial charge in [-0.05, 0) is 24.1 Å². The zero-order chi connectivity index (χ0) is 23.7. The summed E-state index contributed by atoms with van der Waals surface area (Å²) in [5, 5.41) is 32.3. The Morgan fingerprint density at radius 3 is 2.22 bits per heavy atom. The minimum atomic E-state index is -1.45. The average molecular weight is 447 g/mol. The number of nitrogens with zero attached hydrogens (tertiary/aromatic N) is 1. The molecule has 0 saturated carbocycles. The van der Waals surface area contributed by atoms with Crippen LogP contribution in [-0.4, -0.2) is 67.2 Å². The third-order valence-electron chi connectivity index (χ3n) is 4.60. The van der Waals surface area contributed by atoms with Gasteiger partial charge in [-0.1, -0.05) is 12.1 Å². The number of carboxylic acids is 2. The summed E-state index contributed by atoms with van der Waals surface area (Å²) in [5.74, 6) is -4.04. The summed E-state index contributed by atoms with van der Waals surface area (Å²) in [5.41, 5.74) is 7.12. The summed E-state index contributed by atoms with van der Waals surface area (Å²) >= 11 is 0. The highest BCUT2D eigenvalue weighted by molar-refractivity contribution is 5.92. The summed E-state index contributed by atoms with van der Waals surface area (Å²) < 4.78 is 0. The van der Waals surface area contributed by atoms with Crippen molar-refractivity contribution in [3.63, 3.8) is 0 Å². The molecule has 2 rings (SSSR count). The minimum absolute atomic E-state index is 0.0139. The van der Waals surface area contributed by atoms with Crippen molar-refractivity contribution in [1.29, 1.82) is 0 Å². The van der Waals surface area contributed by atoms with E-state index in [9.17, 15) is 29.4 Å². The Morgan fingerprint density at radius 1 is 1.00 bits per heavy atom. The molecule has 1 aromatic carbocycles. The first-order valence-electron chi connectivity index (χ1n) is 9.71. The van der Waals surface area contributed by atoms with Crippen molar-refractivity contribution in [1.82, 2.24) is 20.6 Å². The van der Waals surface area contributed by atoms with Gasteiger partial charge in [0.15, 0.2) is 0 Å². The maximum absolute atomic E-state index is 12.8. The Balaban J connectivity index is 2.13. The molecule has 12 nitrogen and oxygen atoms in total. The molecule has 1 heterocycles. The van der Waals surface area contributed by atoms with Crippen molar-refractivity contribution in [2.45, 2.75) is 43.8 Å². The molecule has 0 bridgehead atoms. The SMILES string of the molecule is NC(Cc1cnc[nH]1)C(=O)NC(Cc1ccc(O)cc1)C(=O)NC(CCC(=O)O)C(=O)O. The van der Waals surface area contributed by atoms with Crippen molar-refractivity contribution < 1.29 is 34.5 Å². The Labute approximate surface area is 182 Å². The van der Waals surface area contributed by atoms with Crippen LogP contribution in [0.3, 0.4) is 0 Å². The number of carbonyl (C=O) groups excluding carboxylic acids is 2. The van der Waals surface area contributed by atoms with E-state index in [0.717, 1.165) is 0 Å². The monoisotopic (exact) mass is 447 g/mol. The molecule has 0 aliphatic rings. The van der Waals surface area contributed by atoms with Gasteiger partial charge in [-0.15, -0.1) is 0 Å². The summed E-state index contributed by atoms with van der Waals surface area (Å²) in [6.07, 6.45) is 2.28. The topological polar surface area (TPSA) is 208 Å². The minimum Gasteiger partial charge on any atom is -0.508 e. The van der Waals surface area contributed by atoms with Gasteiger partial charge in [0.1, 0.15) is 17.8 Å². The number of H-pyrrole nitrogens is 1. The number of hydrogen-bond donors (Lipinski definition) is 7. The van der Waals surface area contributed by atoms with Crippen molar-refractivity contribution in [3.05, 3.63) is 48.0 Å². The molecular formula is C20H25N5O7. The highest BCUT2D eigenvalue weighted by atomic mass is 16.4. The Morgan fingerprint density at radius 2 is 1.66 bits per heavy atom. The first kappa shape index (κ1) is 24.3. The number of rotatable bonds is 12. The standard InChI is InChI=1S/C20H25N5O7/c21-14(8-12-9-22-10-23-12)18(29)25-16(7-11-1-3-13(26)4-2-11)19(30)24-15(20(31)32)5-6-17(27)28/h1-4,9-10,14-16,26H,5-8,21H2,(H,22,23)(H,24,30)(H,25,29)(H,27,28)(H,31,32). The van der Waals surface area contributed by atoms with E-state index in [2.05, 4.69) is 20.6 Å². The second kappa shape index (κ2) is 11.5. The van der Waals surface area contributed by atoms with Gasteiger partial charge in [-0.3, -0.25) is 14.4 Å². The number of carbonyl (C=O) groups is 4. The zero-order valence-corrected chi connectivity index (χ0v) is 17.0. The molecule has 0 radical (unpaired) electrons. The number of phenols is 1. The van der Waals surface area contributed by atoms with E-state index in [1.165, 1.54) is 24.7 Å². The van der Waals surface area contributed by atoms with Crippen LogP contribution in [0.2, 0.25) is 0 Å². The normalized spacial score (nSPS) is 13.5. The molecule has 3 unspecified atom stereocenters. The Hall–Kier alpha value is -3.93. The molecule has 3 atom stereocenters. The van der Waals surface area contributed by atoms with Crippen molar-refractivity contribution in [3.8, 4) is 5.75 Å². The van der Waals surface area contributed by atoms with Crippen LogP contribution in [0.25, 0.3) is 0 Å². The smallest absolute Gasteiger partial charge is 0.326 e. The number of aromatic amines is 1. The number of phenolic OH excluding ortho intramolecular Hbond substituents is 1. The molecule has 0 aliphatic heterocycles. The summed E-state index contributed by atoms with van der Waals surface area (Å²) in [6, 6.07) is 2.26. The number of carboxylic acid groups (broad SMARTS) is 2. The number of nitrogens with one attached hydrogen (secondary N) is 3. The van der Waals surface area contributed by atoms with Gasteiger partial charge in [0.25, 0.3) is 0 Å². The summed E-state index contributed by atoms with van der Waals surface area (Å²) in [6.45, 7) is 0. The van der Waals surface area contributed by atoms with Crippen LogP contribution in [0.15, 0.2) is 36.8 Å². The molecule has 0 saturated heterocycles. The maximum atomic E-state index is 12.8. The number of amides is 2. The number of aromatic hydroxyl groups is 1. The first-order chi connectivity index (χ1) is 15.2. The first-order valence-corrected chi connectivity index (χ1v) is 9.71. The fourth-order valence-electron chi connectivity index (χ4n) is 2.88. The van der Waals surface area contributed by atoms with Crippen LogP contribution < -0.4 is 16.4 Å². The maximum Gasteiger partial charge on any atom is 0.326 e. The van der Waals surface area contributed by atoms with Crippen molar-refractivity contribution in [2.75, 3.05) is 0 Å². The van der Waals surface area contributed by atoms with Gasteiger partial charge in [-0.2, -0.15) is 0 Å². The molecule has 2 aromatic rings. The van der Waals surface area contributed by atoms with Crippen LogP contribution >= 0.6 is 0 Å². The van der Waals surface area contributed by atoms with E-state index in [4.69, 9.17) is 10.8 Å². The van der Waals surface area contributed by atoms with Crippen molar-refractivity contribution >= 4 is 23.8 Å². The lowest BCUT2D eigenvalue weighted by Gasteiger charge is -2.23. The largest absolute Gasteiger partial charge is 0.508 e. The average Bonchev–Trinajstić information content (AvgIpc) is 3.24. The lowest BCUT2D eigenvalue weighted by molar-refractivity contribution is -0.143. The Bertz CT molecular complexity index is 930. The van der Waals surface area contributed by atoms with E-state index in [-0.39, 0.29) is 25.0 Å². The number of aliphatic carboxylic acids is 2. The predicted octanol–water partition coefficient (Wildman–Crippen LogP) is -0.853. The van der Waals surface area contributed by atoms with Gasteiger partial charge in [0, 0.05) is 31.2 Å². The molecule has 172 valence electrons. The van der Waals surface area contributed by atoms with Gasteiger partial charge in [-0.25, -0.2) is 9.78 Å². The van der Waals surface area contributed by atoms with Gasteiger partial charge < -0.3 is 36.7 Å². The van der Waals surface area contributed by atoms with E-state index >= 15 is 0 Å². The van der Waals surface area contributed by atoms with Crippen LogP contribution in [0.4, 0.5) is 0 Å². The third kappa shape index (κ3) is 7.72. The van der Waals surface area contributed by atoms with Crippen LogP contribution in [-0.2, 0) is 32.0 Å². The molecule has 1 aromatic heterocycles. The third-order valence-corrected chi connectivity index (χ3v) is 4.60. The second-order valence-corrected chi connectivity index (χ2v) is 7.15. The van der Waals surface area contributed by atoms with Crippen LogP contribution in [0.5, 0.6) is 5.75 Å². The fourth-order valence-corrected chi connectivity index (χ4v) is 2.88. The van der Waals surface area contributed by atoms with Gasteiger partial charge in [0.2, 0.25) is 11.8 Å².